The van der Waals surface area contributed by atoms with Crippen LogP contribution in [0.4, 0.5) is 10.5 Å². The van der Waals surface area contributed by atoms with Gasteiger partial charge in [0, 0.05) is 30.3 Å². The first-order chi connectivity index (χ1) is 13.1. The minimum absolute atomic E-state index is 0.00339. The third kappa shape index (κ3) is 4.91. The Morgan fingerprint density at radius 1 is 1.39 bits per heavy atom. The lowest BCUT2D eigenvalue weighted by molar-refractivity contribution is -0.107. The van der Waals surface area contributed by atoms with Crippen LogP contribution in [0.3, 0.4) is 0 Å². The summed E-state index contributed by atoms with van der Waals surface area (Å²) in [6.45, 7) is 7.61. The van der Waals surface area contributed by atoms with E-state index in [-0.39, 0.29) is 13.0 Å². The van der Waals surface area contributed by atoms with Gasteiger partial charge in [-0.1, -0.05) is 8.93 Å². The number of cyclic esters (lactones) is 1. The Morgan fingerprint density at radius 3 is 2.64 bits per heavy atom. The number of benzene rings is 1. The third-order valence-electron chi connectivity index (χ3n) is 4.15. The maximum Gasteiger partial charge on any atom is 0.414 e. The van der Waals surface area contributed by atoms with Crippen LogP contribution >= 0.6 is 30.1 Å². The van der Waals surface area contributed by atoms with Gasteiger partial charge < -0.3 is 19.0 Å². The standard InChI is InChI=1S/C19H24INO6S/c1-11-13-10-26-17(23)14(13)16(25-8-9-28-20)12(6-7-22)15(11)21(5)18(24)27-19(2,3)4/h7H,6,8-10H2,1-5H3. The van der Waals surface area contributed by atoms with Crippen molar-refractivity contribution in [2.24, 2.45) is 0 Å². The SMILES string of the molecule is Cc1c2c(c(OCCSI)c(CC=O)c1N(C)C(=O)OC(C)(C)C)C(=O)OC2. The largest absolute Gasteiger partial charge is 0.491 e. The van der Waals surface area contributed by atoms with E-state index >= 15 is 0 Å². The van der Waals surface area contributed by atoms with Gasteiger partial charge in [-0.25, -0.2) is 9.59 Å². The summed E-state index contributed by atoms with van der Waals surface area (Å²) in [5, 5.41) is 0. The number of anilines is 1. The highest BCUT2D eigenvalue weighted by Gasteiger charge is 2.35. The van der Waals surface area contributed by atoms with Crippen molar-refractivity contribution in [1.82, 2.24) is 0 Å². The number of carbonyl (C=O) groups is 3. The van der Waals surface area contributed by atoms with Crippen LogP contribution in [0.2, 0.25) is 0 Å². The van der Waals surface area contributed by atoms with Crippen molar-refractivity contribution < 1.29 is 28.6 Å². The molecule has 0 bridgehead atoms. The van der Waals surface area contributed by atoms with Gasteiger partial charge in [-0.15, -0.1) is 0 Å². The molecule has 0 unspecified atom stereocenters. The summed E-state index contributed by atoms with van der Waals surface area (Å²) in [5.74, 6) is 0.538. The molecule has 1 heterocycles. The van der Waals surface area contributed by atoms with E-state index in [4.69, 9.17) is 14.2 Å². The lowest BCUT2D eigenvalue weighted by Crippen LogP contribution is -2.35. The molecular formula is C19H24INO6S. The lowest BCUT2D eigenvalue weighted by Gasteiger charge is -2.28. The van der Waals surface area contributed by atoms with Crippen LogP contribution in [-0.4, -0.2) is 43.4 Å². The second-order valence-electron chi connectivity index (χ2n) is 7.28. The van der Waals surface area contributed by atoms with E-state index in [0.717, 1.165) is 6.29 Å². The molecule has 0 atom stereocenters. The molecule has 1 aliphatic rings. The number of nitrogens with zero attached hydrogens (tertiary/aromatic N) is 1. The lowest BCUT2D eigenvalue weighted by atomic mass is 9.94. The second-order valence-corrected chi connectivity index (χ2v) is 9.78. The van der Waals surface area contributed by atoms with Gasteiger partial charge in [0.1, 0.15) is 29.8 Å². The number of hydrogen-bond donors (Lipinski definition) is 0. The normalized spacial score (nSPS) is 13.0. The second kappa shape index (κ2) is 9.34. The highest BCUT2D eigenvalue weighted by molar-refractivity contribution is 14.2. The Hall–Kier alpha value is -1.49. The molecule has 28 heavy (non-hydrogen) atoms. The Labute approximate surface area is 181 Å². The minimum Gasteiger partial charge on any atom is -0.491 e. The molecule has 1 amide bonds. The van der Waals surface area contributed by atoms with Crippen LogP contribution in [0.25, 0.3) is 0 Å². The van der Waals surface area contributed by atoms with Crippen molar-refractivity contribution in [3.05, 3.63) is 22.3 Å². The van der Waals surface area contributed by atoms with Gasteiger partial charge in [-0.3, -0.25) is 4.90 Å². The first kappa shape index (κ1) is 22.8. The Bertz CT molecular complexity index is 790. The highest BCUT2D eigenvalue weighted by atomic mass is 127. The summed E-state index contributed by atoms with van der Waals surface area (Å²) in [4.78, 5) is 37.8. The number of halogens is 1. The number of esters is 1. The quantitative estimate of drug-likeness (QED) is 0.230. The van der Waals surface area contributed by atoms with E-state index < -0.39 is 17.7 Å². The van der Waals surface area contributed by atoms with Gasteiger partial charge in [0.25, 0.3) is 0 Å². The van der Waals surface area contributed by atoms with Crippen molar-refractivity contribution >= 4 is 54.2 Å². The van der Waals surface area contributed by atoms with E-state index in [1.165, 1.54) is 4.90 Å². The molecule has 1 aromatic rings. The van der Waals surface area contributed by atoms with E-state index in [0.29, 0.717) is 46.1 Å². The molecule has 0 N–H and O–H groups in total. The molecule has 0 aliphatic carbocycles. The van der Waals surface area contributed by atoms with E-state index in [2.05, 4.69) is 21.2 Å². The fourth-order valence-corrected chi connectivity index (χ4v) is 3.73. The molecule has 0 spiro atoms. The molecular weight excluding hydrogens is 497 g/mol. The van der Waals surface area contributed by atoms with Crippen LogP contribution in [0.15, 0.2) is 0 Å². The highest BCUT2D eigenvalue weighted by Crippen LogP contribution is 2.43. The number of hydrogen-bond acceptors (Lipinski definition) is 7. The van der Waals surface area contributed by atoms with E-state index in [1.54, 1.807) is 43.7 Å². The summed E-state index contributed by atoms with van der Waals surface area (Å²) < 4.78 is 16.6. The van der Waals surface area contributed by atoms with Gasteiger partial charge in [0.2, 0.25) is 0 Å². The van der Waals surface area contributed by atoms with Crippen molar-refractivity contribution in [2.45, 2.75) is 46.3 Å². The monoisotopic (exact) mass is 521 g/mol. The van der Waals surface area contributed by atoms with Crippen molar-refractivity contribution in [3.63, 3.8) is 0 Å². The number of fused-ring (bicyclic) bond motifs is 1. The predicted octanol–water partition coefficient (Wildman–Crippen LogP) is 4.24. The van der Waals surface area contributed by atoms with Crippen LogP contribution in [-0.2, 0) is 27.3 Å². The number of carbonyl (C=O) groups excluding carboxylic acids is 3. The van der Waals surface area contributed by atoms with E-state index in [9.17, 15) is 14.4 Å². The minimum atomic E-state index is -0.670. The summed E-state index contributed by atoms with van der Waals surface area (Å²) in [6, 6.07) is 0. The van der Waals surface area contributed by atoms with Gasteiger partial charge >= 0.3 is 12.1 Å². The van der Waals surface area contributed by atoms with Gasteiger partial charge in [-0.2, -0.15) is 0 Å². The van der Waals surface area contributed by atoms with Crippen LogP contribution in [0, 0.1) is 6.92 Å². The maximum absolute atomic E-state index is 12.7. The molecule has 1 aromatic carbocycles. The van der Waals surface area contributed by atoms with Crippen molar-refractivity contribution in [1.29, 1.82) is 0 Å². The molecule has 0 fully saturated rings. The summed E-state index contributed by atoms with van der Waals surface area (Å²) in [6.07, 6.45) is 0.173. The zero-order valence-electron chi connectivity index (χ0n) is 16.6. The predicted molar refractivity (Wildman–Crippen MR) is 117 cm³/mol. The van der Waals surface area contributed by atoms with Gasteiger partial charge in [0.15, 0.2) is 0 Å². The summed E-state index contributed by atoms with van der Waals surface area (Å²) in [5.41, 5.74) is 2.03. The molecule has 0 saturated heterocycles. The number of amides is 1. The average Bonchev–Trinajstić information content (AvgIpc) is 2.98. The maximum atomic E-state index is 12.7. The first-order valence-corrected chi connectivity index (χ1v) is 12.3. The Balaban J connectivity index is 2.63. The fraction of sp³-hybridized carbons (Fsp3) is 0.526. The summed E-state index contributed by atoms with van der Waals surface area (Å²) >= 11 is 2.16. The molecule has 9 heteroatoms. The van der Waals surface area contributed by atoms with E-state index in [1.807, 2.05) is 0 Å². The smallest absolute Gasteiger partial charge is 0.414 e. The van der Waals surface area contributed by atoms with Gasteiger partial charge in [-0.05, 0) is 54.5 Å². The molecule has 1 aliphatic heterocycles. The summed E-state index contributed by atoms with van der Waals surface area (Å²) in [7, 11) is 3.16. The number of aldehydes is 1. The molecule has 0 radical (unpaired) electrons. The number of ether oxygens (including phenoxy) is 3. The van der Waals surface area contributed by atoms with Crippen LogP contribution in [0.5, 0.6) is 5.75 Å². The number of rotatable bonds is 7. The van der Waals surface area contributed by atoms with Gasteiger partial charge in [0.05, 0.1) is 12.3 Å². The molecule has 0 saturated carbocycles. The van der Waals surface area contributed by atoms with Crippen LogP contribution < -0.4 is 9.64 Å². The zero-order chi connectivity index (χ0) is 21.1. The average molecular weight is 521 g/mol. The van der Waals surface area contributed by atoms with Crippen LogP contribution in [0.1, 0.15) is 47.8 Å². The van der Waals surface area contributed by atoms with Crippen molar-refractivity contribution in [3.8, 4) is 5.75 Å². The molecule has 2 rings (SSSR count). The third-order valence-corrected chi connectivity index (χ3v) is 5.79. The first-order valence-electron chi connectivity index (χ1n) is 8.74. The fourth-order valence-electron chi connectivity index (χ4n) is 3.04. The topological polar surface area (TPSA) is 82.1 Å². The molecule has 154 valence electrons. The molecule has 7 nitrogen and oxygen atoms in total. The Morgan fingerprint density at radius 2 is 2.07 bits per heavy atom. The zero-order valence-corrected chi connectivity index (χ0v) is 19.6. The Kier molecular flexibility index (Phi) is 7.60. The molecule has 0 aromatic heterocycles. The van der Waals surface area contributed by atoms with Crippen molar-refractivity contribution in [2.75, 3.05) is 24.3 Å².